The first-order chi connectivity index (χ1) is 11.4. The number of ether oxygens (including phenoxy) is 1. The number of β-amino-alcohol motifs (C(OH)–C–C–N with tert-alkyl or cyclic N) is 1. The van der Waals surface area contributed by atoms with E-state index in [0.717, 1.165) is 0 Å². The number of nitrogens with zero attached hydrogens (tertiary/aromatic N) is 2. The van der Waals surface area contributed by atoms with Crippen LogP contribution in [0.4, 0.5) is 8.78 Å². The summed E-state index contributed by atoms with van der Waals surface area (Å²) in [5.41, 5.74) is 0. The Bertz CT molecular complexity index is 560. The highest BCUT2D eigenvalue weighted by Gasteiger charge is 2.42. The molecule has 2 aliphatic heterocycles. The number of carbonyl (C=O) groups is 1. The third kappa shape index (κ3) is 4.02. The van der Waals surface area contributed by atoms with Gasteiger partial charge in [0.2, 0.25) is 0 Å². The maximum atomic E-state index is 13.3. The van der Waals surface area contributed by atoms with Crippen LogP contribution in [0.15, 0.2) is 30.3 Å². The number of para-hydroxylation sites is 1. The van der Waals surface area contributed by atoms with Gasteiger partial charge in [0.25, 0.3) is 11.8 Å². The minimum atomic E-state index is -2.61. The first-order valence-corrected chi connectivity index (χ1v) is 8.20. The zero-order valence-electron chi connectivity index (χ0n) is 13.4. The van der Waals surface area contributed by atoms with Gasteiger partial charge in [-0.3, -0.25) is 9.69 Å². The second-order valence-corrected chi connectivity index (χ2v) is 6.43. The summed E-state index contributed by atoms with van der Waals surface area (Å²) in [6, 6.07) is 8.76. The van der Waals surface area contributed by atoms with Crippen molar-refractivity contribution in [2.24, 2.45) is 0 Å². The van der Waals surface area contributed by atoms with Gasteiger partial charge in [0.05, 0.1) is 12.1 Å². The van der Waals surface area contributed by atoms with E-state index in [9.17, 15) is 18.7 Å². The van der Waals surface area contributed by atoms with Gasteiger partial charge in [-0.25, -0.2) is 8.78 Å². The number of hydrogen-bond acceptors (Lipinski definition) is 4. The molecule has 2 aliphatic rings. The van der Waals surface area contributed by atoms with Gasteiger partial charge >= 0.3 is 0 Å². The number of halogens is 2. The van der Waals surface area contributed by atoms with Crippen molar-refractivity contribution in [3.05, 3.63) is 30.3 Å². The maximum absolute atomic E-state index is 13.3. The summed E-state index contributed by atoms with van der Waals surface area (Å²) >= 11 is 0. The van der Waals surface area contributed by atoms with E-state index in [0.29, 0.717) is 12.3 Å². The molecule has 1 amide bonds. The van der Waals surface area contributed by atoms with Crippen LogP contribution < -0.4 is 4.74 Å². The number of rotatable bonds is 4. The first-order valence-electron chi connectivity index (χ1n) is 8.20. The predicted octanol–water partition coefficient (Wildman–Crippen LogP) is 1.37. The number of aliphatic hydroxyl groups is 1. The van der Waals surface area contributed by atoms with Crippen LogP contribution >= 0.6 is 0 Å². The fourth-order valence-electron chi connectivity index (χ4n) is 3.27. The topological polar surface area (TPSA) is 53.0 Å². The SMILES string of the molecule is O=C(COc1ccccc1)N1C[C@@H](O)[C@H](N2CCC(F)(F)CC2)C1. The molecular weight excluding hydrogens is 318 g/mol. The van der Waals surface area contributed by atoms with E-state index in [1.54, 1.807) is 17.0 Å². The van der Waals surface area contributed by atoms with Crippen molar-refractivity contribution < 1.29 is 23.4 Å². The van der Waals surface area contributed by atoms with Crippen molar-refractivity contribution in [1.29, 1.82) is 0 Å². The van der Waals surface area contributed by atoms with E-state index < -0.39 is 12.0 Å². The number of benzene rings is 1. The van der Waals surface area contributed by atoms with Gasteiger partial charge in [0.15, 0.2) is 6.61 Å². The predicted molar refractivity (Wildman–Crippen MR) is 84.1 cm³/mol. The van der Waals surface area contributed by atoms with E-state index >= 15 is 0 Å². The summed E-state index contributed by atoms with van der Waals surface area (Å²) in [7, 11) is 0. The van der Waals surface area contributed by atoms with Crippen LogP contribution in [0.25, 0.3) is 0 Å². The number of piperidine rings is 1. The highest BCUT2D eigenvalue weighted by atomic mass is 19.3. The molecule has 2 fully saturated rings. The molecule has 0 aromatic heterocycles. The van der Waals surface area contributed by atoms with Crippen LogP contribution in [0.2, 0.25) is 0 Å². The maximum Gasteiger partial charge on any atom is 0.260 e. The molecule has 2 saturated heterocycles. The van der Waals surface area contributed by atoms with Crippen molar-refractivity contribution in [1.82, 2.24) is 9.80 Å². The van der Waals surface area contributed by atoms with Crippen LogP contribution in [0.5, 0.6) is 5.75 Å². The Morgan fingerprint density at radius 2 is 1.88 bits per heavy atom. The van der Waals surface area contributed by atoms with E-state index in [1.165, 1.54) is 0 Å². The van der Waals surface area contributed by atoms with Crippen molar-refractivity contribution >= 4 is 5.91 Å². The van der Waals surface area contributed by atoms with Crippen LogP contribution in [-0.4, -0.2) is 71.7 Å². The van der Waals surface area contributed by atoms with E-state index in [4.69, 9.17) is 4.74 Å². The zero-order valence-corrected chi connectivity index (χ0v) is 13.4. The molecule has 0 radical (unpaired) electrons. The van der Waals surface area contributed by atoms with Crippen LogP contribution in [-0.2, 0) is 4.79 Å². The van der Waals surface area contributed by atoms with Crippen molar-refractivity contribution in [2.75, 3.05) is 32.8 Å². The number of carbonyl (C=O) groups excluding carboxylic acids is 1. The minimum Gasteiger partial charge on any atom is -0.484 e. The van der Waals surface area contributed by atoms with Crippen molar-refractivity contribution in [3.63, 3.8) is 0 Å². The first kappa shape index (κ1) is 17.1. The third-order valence-electron chi connectivity index (χ3n) is 4.72. The van der Waals surface area contributed by atoms with Gasteiger partial charge in [-0.2, -0.15) is 0 Å². The summed E-state index contributed by atoms with van der Waals surface area (Å²) in [4.78, 5) is 15.7. The van der Waals surface area contributed by atoms with Crippen molar-refractivity contribution in [3.8, 4) is 5.75 Å². The van der Waals surface area contributed by atoms with Gasteiger partial charge in [-0.15, -0.1) is 0 Å². The largest absolute Gasteiger partial charge is 0.484 e. The third-order valence-corrected chi connectivity index (χ3v) is 4.72. The average molecular weight is 340 g/mol. The number of hydrogen-bond donors (Lipinski definition) is 1. The van der Waals surface area contributed by atoms with Gasteiger partial charge in [-0.1, -0.05) is 18.2 Å². The monoisotopic (exact) mass is 340 g/mol. The molecule has 1 N–H and O–H groups in total. The lowest BCUT2D eigenvalue weighted by molar-refractivity contribution is -0.132. The Balaban J connectivity index is 1.51. The Kier molecular flexibility index (Phi) is 5.01. The Morgan fingerprint density at radius 3 is 2.54 bits per heavy atom. The smallest absolute Gasteiger partial charge is 0.260 e. The lowest BCUT2D eigenvalue weighted by Gasteiger charge is -2.36. The molecule has 24 heavy (non-hydrogen) atoms. The van der Waals surface area contributed by atoms with Crippen LogP contribution in [0.3, 0.4) is 0 Å². The average Bonchev–Trinajstić information content (AvgIpc) is 2.95. The normalized spacial score (nSPS) is 27.2. The molecule has 1 aromatic rings. The molecule has 1 aromatic carbocycles. The fourth-order valence-corrected chi connectivity index (χ4v) is 3.27. The van der Waals surface area contributed by atoms with E-state index in [2.05, 4.69) is 0 Å². The quantitative estimate of drug-likeness (QED) is 0.899. The number of likely N-dealkylation sites (tertiary alicyclic amines) is 2. The van der Waals surface area contributed by atoms with E-state index in [-0.39, 0.29) is 51.0 Å². The standard InChI is InChI=1S/C17H22F2N2O3/c18-17(19)6-8-20(9-7-17)14-10-21(11-15(14)22)16(23)12-24-13-4-2-1-3-5-13/h1-5,14-15,22H,6-12H2/t14-,15-/m1/s1. The van der Waals surface area contributed by atoms with Crippen molar-refractivity contribution in [2.45, 2.75) is 30.9 Å². The molecule has 0 spiro atoms. The molecule has 7 heteroatoms. The summed E-state index contributed by atoms with van der Waals surface area (Å²) < 4.78 is 32.0. The second-order valence-electron chi connectivity index (χ2n) is 6.43. The molecule has 0 aliphatic carbocycles. The second kappa shape index (κ2) is 7.03. The summed E-state index contributed by atoms with van der Waals surface area (Å²) in [5, 5.41) is 10.2. The lowest BCUT2D eigenvalue weighted by Crippen LogP contribution is -2.49. The molecule has 2 heterocycles. The molecule has 0 saturated carbocycles. The molecule has 3 rings (SSSR count). The fraction of sp³-hybridized carbons (Fsp3) is 0.588. The van der Waals surface area contributed by atoms with Gasteiger partial charge in [0.1, 0.15) is 5.75 Å². The Labute approximate surface area is 139 Å². The van der Waals surface area contributed by atoms with Gasteiger partial charge < -0.3 is 14.7 Å². The van der Waals surface area contributed by atoms with Crippen LogP contribution in [0.1, 0.15) is 12.8 Å². The molecular formula is C17H22F2N2O3. The number of alkyl halides is 2. The number of amides is 1. The molecule has 5 nitrogen and oxygen atoms in total. The summed E-state index contributed by atoms with van der Waals surface area (Å²) in [5.74, 6) is -2.21. The minimum absolute atomic E-state index is 0.0957. The molecule has 2 atom stereocenters. The summed E-state index contributed by atoms with van der Waals surface area (Å²) in [6.07, 6.45) is -1.10. The van der Waals surface area contributed by atoms with E-state index in [1.807, 2.05) is 23.1 Å². The van der Waals surface area contributed by atoms with Crippen LogP contribution in [0, 0.1) is 0 Å². The molecule has 132 valence electrons. The highest BCUT2D eigenvalue weighted by molar-refractivity contribution is 5.78. The van der Waals surface area contributed by atoms with Gasteiger partial charge in [-0.05, 0) is 12.1 Å². The number of aliphatic hydroxyl groups excluding tert-OH is 1. The Hall–Kier alpha value is -1.73. The highest BCUT2D eigenvalue weighted by Crippen LogP contribution is 2.30. The molecule has 0 bridgehead atoms. The van der Waals surface area contributed by atoms with Gasteiger partial charge in [0, 0.05) is 39.0 Å². The summed E-state index contributed by atoms with van der Waals surface area (Å²) in [6.45, 7) is 0.967. The Morgan fingerprint density at radius 1 is 1.21 bits per heavy atom. The lowest BCUT2D eigenvalue weighted by atomic mass is 10.0. The molecule has 0 unspecified atom stereocenters. The zero-order chi connectivity index (χ0) is 17.2.